The minimum Gasteiger partial charge on any atom is -0.493 e. The van der Waals surface area contributed by atoms with E-state index in [4.69, 9.17) is 28.4 Å². The molecule has 9 nitrogen and oxygen atoms in total. The maximum atomic E-state index is 12.6. The van der Waals surface area contributed by atoms with Gasteiger partial charge in [-0.1, -0.05) is 0 Å². The molecule has 0 radical (unpaired) electrons. The SMILES string of the molecule is COC(=O)CC12OC(C(C(=O)OC)=C1C(=O)OC)c1cc(OC)c(OC)cc12. The molecule has 150 valence electrons. The summed E-state index contributed by atoms with van der Waals surface area (Å²) in [5.74, 6) is -1.39. The Bertz CT molecular complexity index is 886. The Balaban J connectivity index is 2.32. The van der Waals surface area contributed by atoms with Crippen LogP contribution in [0.15, 0.2) is 23.3 Å². The first-order valence-electron chi connectivity index (χ1n) is 8.30. The maximum absolute atomic E-state index is 12.6. The Kier molecular flexibility index (Phi) is 5.03. The standard InChI is InChI=1S/C19H20O9/c1-23-11-6-9-10(7-12(11)24-2)19(8-13(20)25-3)15(18(22)27-5)14(16(9)28-19)17(21)26-4/h6-7,16H,8H2,1-5H3. The minimum atomic E-state index is -1.57. The second kappa shape index (κ2) is 7.16. The highest BCUT2D eigenvalue weighted by atomic mass is 16.6. The fourth-order valence-electron chi connectivity index (χ4n) is 3.74. The van der Waals surface area contributed by atoms with Crippen LogP contribution in [0, 0.1) is 0 Å². The van der Waals surface area contributed by atoms with Gasteiger partial charge in [0.05, 0.1) is 53.1 Å². The number of benzene rings is 1. The number of methoxy groups -OCH3 is 5. The molecular formula is C19H20O9. The van der Waals surface area contributed by atoms with Gasteiger partial charge in [-0.3, -0.25) is 4.79 Å². The van der Waals surface area contributed by atoms with Crippen molar-refractivity contribution in [3.05, 3.63) is 34.4 Å². The highest BCUT2D eigenvalue weighted by Crippen LogP contribution is 2.61. The number of ether oxygens (including phenoxy) is 6. The average molecular weight is 392 g/mol. The molecule has 0 aromatic heterocycles. The Morgan fingerprint density at radius 3 is 2.07 bits per heavy atom. The molecule has 1 aromatic carbocycles. The highest BCUT2D eigenvalue weighted by molar-refractivity contribution is 6.05. The van der Waals surface area contributed by atoms with Crippen LogP contribution in [0.3, 0.4) is 0 Å². The molecule has 2 atom stereocenters. The van der Waals surface area contributed by atoms with E-state index in [1.54, 1.807) is 12.1 Å². The van der Waals surface area contributed by atoms with Gasteiger partial charge in [0, 0.05) is 0 Å². The predicted octanol–water partition coefficient (Wildman–Crippen LogP) is 1.19. The van der Waals surface area contributed by atoms with Crippen molar-refractivity contribution in [3.8, 4) is 11.5 Å². The van der Waals surface area contributed by atoms with Gasteiger partial charge in [-0.25, -0.2) is 9.59 Å². The molecule has 0 saturated carbocycles. The van der Waals surface area contributed by atoms with Gasteiger partial charge >= 0.3 is 17.9 Å². The summed E-state index contributed by atoms with van der Waals surface area (Å²) < 4.78 is 31.3. The smallest absolute Gasteiger partial charge is 0.337 e. The molecule has 2 heterocycles. The number of fused-ring (bicyclic) bond motifs is 5. The summed E-state index contributed by atoms with van der Waals surface area (Å²) in [6.45, 7) is 0. The summed E-state index contributed by atoms with van der Waals surface area (Å²) >= 11 is 0. The van der Waals surface area contributed by atoms with Gasteiger partial charge in [-0.15, -0.1) is 0 Å². The molecule has 9 heteroatoms. The minimum absolute atomic E-state index is 0.0158. The zero-order valence-corrected chi connectivity index (χ0v) is 16.1. The average Bonchev–Trinajstić information content (AvgIpc) is 3.21. The van der Waals surface area contributed by atoms with Crippen LogP contribution in [0.1, 0.15) is 23.7 Å². The lowest BCUT2D eigenvalue weighted by Gasteiger charge is -2.29. The molecule has 1 aromatic rings. The van der Waals surface area contributed by atoms with E-state index in [-0.39, 0.29) is 17.6 Å². The van der Waals surface area contributed by atoms with Gasteiger partial charge in [0.2, 0.25) is 0 Å². The van der Waals surface area contributed by atoms with Crippen molar-refractivity contribution in [2.24, 2.45) is 0 Å². The highest BCUT2D eigenvalue weighted by Gasteiger charge is 2.62. The van der Waals surface area contributed by atoms with E-state index in [2.05, 4.69) is 0 Å². The number of carbonyl (C=O) groups is 3. The summed E-state index contributed by atoms with van der Waals surface area (Å²) in [6.07, 6.45) is -1.27. The molecule has 2 aliphatic heterocycles. The van der Waals surface area contributed by atoms with E-state index in [1.807, 2.05) is 0 Å². The quantitative estimate of drug-likeness (QED) is 0.521. The molecule has 2 aliphatic rings. The van der Waals surface area contributed by atoms with Gasteiger partial charge in [0.15, 0.2) is 11.5 Å². The molecule has 0 saturated heterocycles. The fourth-order valence-corrected chi connectivity index (χ4v) is 3.74. The summed E-state index contributed by atoms with van der Waals surface area (Å²) in [5.41, 5.74) is -0.610. The Morgan fingerprint density at radius 1 is 0.929 bits per heavy atom. The molecule has 0 amide bonds. The van der Waals surface area contributed by atoms with Crippen molar-refractivity contribution >= 4 is 17.9 Å². The monoisotopic (exact) mass is 392 g/mol. The molecule has 0 N–H and O–H groups in total. The van der Waals surface area contributed by atoms with Crippen LogP contribution in [-0.4, -0.2) is 53.5 Å². The van der Waals surface area contributed by atoms with Crippen LogP contribution in [0.25, 0.3) is 0 Å². The summed E-state index contributed by atoms with van der Waals surface area (Å²) in [4.78, 5) is 37.3. The summed E-state index contributed by atoms with van der Waals surface area (Å²) in [6, 6.07) is 3.27. The first-order chi connectivity index (χ1) is 13.4. The maximum Gasteiger partial charge on any atom is 0.337 e. The van der Waals surface area contributed by atoms with Gasteiger partial charge < -0.3 is 28.4 Å². The third kappa shape index (κ3) is 2.62. The van der Waals surface area contributed by atoms with Crippen LogP contribution in [-0.2, 0) is 38.9 Å². The van der Waals surface area contributed by atoms with Crippen molar-refractivity contribution < 1.29 is 42.8 Å². The predicted molar refractivity (Wildman–Crippen MR) is 92.7 cm³/mol. The Labute approximate surface area is 161 Å². The van der Waals surface area contributed by atoms with Crippen LogP contribution in [0.2, 0.25) is 0 Å². The van der Waals surface area contributed by atoms with Crippen LogP contribution < -0.4 is 9.47 Å². The van der Waals surface area contributed by atoms with Crippen molar-refractivity contribution in [3.63, 3.8) is 0 Å². The zero-order valence-electron chi connectivity index (χ0n) is 16.1. The number of hydrogen-bond acceptors (Lipinski definition) is 9. The lowest BCUT2D eigenvalue weighted by Crippen LogP contribution is -2.35. The molecule has 0 spiro atoms. The van der Waals surface area contributed by atoms with Crippen molar-refractivity contribution in [1.29, 1.82) is 0 Å². The van der Waals surface area contributed by atoms with Crippen molar-refractivity contribution in [2.75, 3.05) is 35.5 Å². The van der Waals surface area contributed by atoms with Crippen molar-refractivity contribution in [2.45, 2.75) is 18.1 Å². The lowest BCUT2D eigenvalue weighted by atomic mass is 9.75. The first-order valence-corrected chi connectivity index (χ1v) is 8.30. The number of carbonyl (C=O) groups excluding carboxylic acids is 3. The molecule has 0 aliphatic carbocycles. The van der Waals surface area contributed by atoms with E-state index < -0.39 is 29.6 Å². The third-order valence-electron chi connectivity index (χ3n) is 4.94. The van der Waals surface area contributed by atoms with Gasteiger partial charge in [0.25, 0.3) is 0 Å². The van der Waals surface area contributed by atoms with Gasteiger partial charge in [0.1, 0.15) is 11.7 Å². The van der Waals surface area contributed by atoms with Gasteiger partial charge in [-0.05, 0) is 23.3 Å². The topological polar surface area (TPSA) is 107 Å². The number of hydrogen-bond donors (Lipinski definition) is 0. The third-order valence-corrected chi connectivity index (χ3v) is 4.94. The van der Waals surface area contributed by atoms with E-state index in [0.29, 0.717) is 22.6 Å². The number of rotatable bonds is 6. The largest absolute Gasteiger partial charge is 0.493 e. The van der Waals surface area contributed by atoms with Crippen LogP contribution in [0.5, 0.6) is 11.5 Å². The zero-order chi connectivity index (χ0) is 20.6. The molecule has 2 unspecified atom stereocenters. The molecule has 0 fully saturated rings. The first kappa shape index (κ1) is 19.7. The normalized spacial score (nSPS) is 21.8. The van der Waals surface area contributed by atoms with E-state index in [0.717, 1.165) is 0 Å². The molecule has 3 rings (SSSR count). The van der Waals surface area contributed by atoms with Crippen molar-refractivity contribution in [1.82, 2.24) is 0 Å². The van der Waals surface area contributed by atoms with Crippen LogP contribution in [0.4, 0.5) is 0 Å². The molecular weight excluding hydrogens is 372 g/mol. The molecule has 28 heavy (non-hydrogen) atoms. The lowest BCUT2D eigenvalue weighted by molar-refractivity contribution is -0.148. The Hall–Kier alpha value is -3.07. The van der Waals surface area contributed by atoms with Crippen LogP contribution >= 0.6 is 0 Å². The summed E-state index contributed by atoms with van der Waals surface area (Å²) in [7, 11) is 6.52. The van der Waals surface area contributed by atoms with Gasteiger partial charge in [-0.2, -0.15) is 0 Å². The second-order valence-corrected chi connectivity index (χ2v) is 6.14. The second-order valence-electron chi connectivity index (χ2n) is 6.14. The summed E-state index contributed by atoms with van der Waals surface area (Å²) in [5, 5.41) is 0. The Morgan fingerprint density at radius 2 is 1.54 bits per heavy atom. The fraction of sp³-hybridized carbons (Fsp3) is 0.421. The number of esters is 3. The molecule has 2 bridgehead atoms. The van der Waals surface area contributed by atoms with E-state index in [9.17, 15) is 14.4 Å². The van der Waals surface area contributed by atoms with E-state index >= 15 is 0 Å². The van der Waals surface area contributed by atoms with E-state index in [1.165, 1.54) is 35.5 Å².